The van der Waals surface area contributed by atoms with Gasteiger partial charge in [-0.25, -0.2) is 0 Å². The zero-order valence-corrected chi connectivity index (χ0v) is 11.6. The van der Waals surface area contributed by atoms with E-state index in [0.29, 0.717) is 17.9 Å². The number of nitrogens with zero attached hydrogens (tertiary/aromatic N) is 1. The molecule has 0 aromatic heterocycles. The van der Waals surface area contributed by atoms with Gasteiger partial charge in [0.15, 0.2) is 5.84 Å². The maximum Gasteiger partial charge on any atom is 0.170 e. The summed E-state index contributed by atoms with van der Waals surface area (Å²) in [4.78, 5) is 0. The molecule has 0 unspecified atom stereocenters. The number of nitrogens with two attached hydrogens (primary N) is 1. The van der Waals surface area contributed by atoms with Crippen LogP contribution in [-0.4, -0.2) is 17.6 Å². The molecule has 1 aromatic carbocycles. The molecule has 1 aromatic rings. The Balaban J connectivity index is 3.08. The quantitative estimate of drug-likeness (QED) is 0.213. The molecule has 4 nitrogen and oxygen atoms in total. The van der Waals surface area contributed by atoms with Crippen molar-refractivity contribution in [3.63, 3.8) is 0 Å². The van der Waals surface area contributed by atoms with Crippen LogP contribution in [0.15, 0.2) is 35.7 Å². The van der Waals surface area contributed by atoms with Gasteiger partial charge in [-0.1, -0.05) is 17.8 Å². The van der Waals surface area contributed by atoms with Crippen molar-refractivity contribution in [1.29, 1.82) is 0 Å². The first-order valence-electron chi connectivity index (χ1n) is 6.08. The van der Waals surface area contributed by atoms with Crippen molar-refractivity contribution in [2.45, 2.75) is 20.8 Å². The van der Waals surface area contributed by atoms with E-state index < -0.39 is 0 Å². The molecule has 19 heavy (non-hydrogen) atoms. The van der Waals surface area contributed by atoms with Gasteiger partial charge in [-0.3, -0.25) is 0 Å². The van der Waals surface area contributed by atoms with Crippen LogP contribution in [0.25, 0.3) is 6.08 Å². The number of benzene rings is 1. The number of ether oxygens (including phenoxy) is 1. The number of amidine groups is 1. The van der Waals surface area contributed by atoms with Crippen molar-refractivity contribution in [2.75, 3.05) is 6.61 Å². The van der Waals surface area contributed by atoms with Gasteiger partial charge in [0.05, 0.1) is 6.61 Å². The standard InChI is InChI=1S/C15H20N2O2/c1-5-19-12(4)6-7-14-10(2)8-13(9-11(14)3)15(16)17-18/h6-9,18H,4-5H2,1-3H3,(H2,16,17)/b7-6+. The lowest BCUT2D eigenvalue weighted by molar-refractivity contribution is 0.244. The molecular formula is C15H20N2O2. The molecule has 0 fully saturated rings. The number of hydrogen-bond acceptors (Lipinski definition) is 3. The summed E-state index contributed by atoms with van der Waals surface area (Å²) in [7, 11) is 0. The first-order chi connectivity index (χ1) is 8.99. The van der Waals surface area contributed by atoms with Gasteiger partial charge in [0.25, 0.3) is 0 Å². The fourth-order valence-corrected chi connectivity index (χ4v) is 1.85. The molecule has 102 valence electrons. The summed E-state index contributed by atoms with van der Waals surface area (Å²) >= 11 is 0. The zero-order chi connectivity index (χ0) is 14.4. The van der Waals surface area contributed by atoms with E-state index in [9.17, 15) is 0 Å². The maximum absolute atomic E-state index is 8.70. The molecule has 0 aliphatic heterocycles. The Labute approximate surface area is 113 Å². The van der Waals surface area contributed by atoms with Gasteiger partial charge >= 0.3 is 0 Å². The second-order valence-electron chi connectivity index (χ2n) is 4.24. The Morgan fingerprint density at radius 2 is 2.00 bits per heavy atom. The first kappa shape index (κ1) is 14.8. The van der Waals surface area contributed by atoms with Crippen molar-refractivity contribution in [1.82, 2.24) is 0 Å². The highest BCUT2D eigenvalue weighted by Crippen LogP contribution is 2.19. The molecule has 0 heterocycles. The Bertz CT molecular complexity index is 508. The van der Waals surface area contributed by atoms with Crippen LogP contribution in [-0.2, 0) is 4.74 Å². The lowest BCUT2D eigenvalue weighted by Gasteiger charge is -2.09. The summed E-state index contributed by atoms with van der Waals surface area (Å²) in [5.74, 6) is 0.738. The number of allylic oxidation sites excluding steroid dienone is 1. The minimum absolute atomic E-state index is 0.112. The molecule has 0 atom stereocenters. The number of oxime groups is 1. The Morgan fingerprint density at radius 3 is 2.47 bits per heavy atom. The molecule has 0 saturated heterocycles. The summed E-state index contributed by atoms with van der Waals surface area (Å²) in [6.07, 6.45) is 3.79. The number of aryl methyl sites for hydroxylation is 2. The van der Waals surface area contributed by atoms with Gasteiger partial charge < -0.3 is 15.7 Å². The van der Waals surface area contributed by atoms with Crippen LogP contribution in [0.4, 0.5) is 0 Å². The highest BCUT2D eigenvalue weighted by molar-refractivity contribution is 5.97. The fourth-order valence-electron chi connectivity index (χ4n) is 1.85. The van der Waals surface area contributed by atoms with E-state index in [1.54, 1.807) is 0 Å². The van der Waals surface area contributed by atoms with Crippen LogP contribution in [0.1, 0.15) is 29.2 Å². The minimum Gasteiger partial charge on any atom is -0.495 e. The van der Waals surface area contributed by atoms with E-state index in [1.807, 2.05) is 45.1 Å². The Hall–Kier alpha value is -2.23. The fraction of sp³-hybridized carbons (Fsp3) is 0.267. The zero-order valence-electron chi connectivity index (χ0n) is 11.6. The van der Waals surface area contributed by atoms with Gasteiger partial charge in [-0.15, -0.1) is 0 Å². The van der Waals surface area contributed by atoms with Gasteiger partial charge in [-0.2, -0.15) is 0 Å². The highest BCUT2D eigenvalue weighted by Gasteiger charge is 2.06. The second-order valence-corrected chi connectivity index (χ2v) is 4.24. The normalized spacial score (nSPS) is 11.8. The third kappa shape index (κ3) is 3.88. The van der Waals surface area contributed by atoms with Crippen LogP contribution in [0.2, 0.25) is 0 Å². The predicted octanol–water partition coefficient (Wildman–Crippen LogP) is 2.96. The highest BCUT2D eigenvalue weighted by atomic mass is 16.5. The van der Waals surface area contributed by atoms with Crippen molar-refractivity contribution >= 4 is 11.9 Å². The Kier molecular flexibility index (Phi) is 5.18. The average Bonchev–Trinajstić information content (AvgIpc) is 2.36. The summed E-state index contributed by atoms with van der Waals surface area (Å²) in [6.45, 7) is 10.3. The van der Waals surface area contributed by atoms with E-state index in [-0.39, 0.29) is 5.84 Å². The SMILES string of the molecule is C=C(/C=C/c1c(C)cc(/C(N)=N/O)cc1C)OCC. The van der Waals surface area contributed by atoms with Gasteiger partial charge in [0, 0.05) is 5.56 Å². The number of rotatable bonds is 5. The predicted molar refractivity (Wildman–Crippen MR) is 78.2 cm³/mol. The van der Waals surface area contributed by atoms with E-state index >= 15 is 0 Å². The summed E-state index contributed by atoms with van der Waals surface area (Å²) < 4.78 is 5.27. The lowest BCUT2D eigenvalue weighted by atomic mass is 9.98. The Morgan fingerprint density at radius 1 is 1.42 bits per heavy atom. The molecule has 0 aliphatic rings. The van der Waals surface area contributed by atoms with Gasteiger partial charge in [-0.05, 0) is 55.7 Å². The molecule has 0 saturated carbocycles. The van der Waals surface area contributed by atoms with Gasteiger partial charge in [0.2, 0.25) is 0 Å². The maximum atomic E-state index is 8.70. The monoisotopic (exact) mass is 260 g/mol. The molecule has 3 N–H and O–H groups in total. The summed E-state index contributed by atoms with van der Waals surface area (Å²) in [5.41, 5.74) is 9.46. The minimum atomic E-state index is 0.112. The smallest absolute Gasteiger partial charge is 0.170 e. The molecule has 1 rings (SSSR count). The molecule has 0 bridgehead atoms. The van der Waals surface area contributed by atoms with Crippen molar-refractivity contribution in [2.24, 2.45) is 10.9 Å². The third-order valence-corrected chi connectivity index (χ3v) is 2.76. The van der Waals surface area contributed by atoms with Crippen LogP contribution >= 0.6 is 0 Å². The third-order valence-electron chi connectivity index (χ3n) is 2.76. The first-order valence-corrected chi connectivity index (χ1v) is 6.08. The molecule has 0 spiro atoms. The summed E-state index contributed by atoms with van der Waals surface area (Å²) in [6, 6.07) is 3.76. The van der Waals surface area contributed by atoms with Crippen LogP contribution in [0.3, 0.4) is 0 Å². The van der Waals surface area contributed by atoms with Crippen molar-refractivity contribution in [3.05, 3.63) is 52.8 Å². The van der Waals surface area contributed by atoms with Crippen LogP contribution in [0, 0.1) is 13.8 Å². The average molecular weight is 260 g/mol. The lowest BCUT2D eigenvalue weighted by Crippen LogP contribution is -2.13. The second kappa shape index (κ2) is 6.64. The van der Waals surface area contributed by atoms with Crippen molar-refractivity contribution < 1.29 is 9.94 Å². The molecule has 4 heteroatoms. The van der Waals surface area contributed by atoms with Crippen LogP contribution in [0.5, 0.6) is 0 Å². The number of hydrogen-bond donors (Lipinski definition) is 2. The van der Waals surface area contributed by atoms with E-state index in [0.717, 1.165) is 16.7 Å². The van der Waals surface area contributed by atoms with Crippen LogP contribution < -0.4 is 5.73 Å². The van der Waals surface area contributed by atoms with Gasteiger partial charge in [0.1, 0.15) is 5.76 Å². The summed E-state index contributed by atoms with van der Waals surface area (Å²) in [5, 5.41) is 11.7. The topological polar surface area (TPSA) is 67.8 Å². The molecule has 0 radical (unpaired) electrons. The van der Waals surface area contributed by atoms with E-state index in [4.69, 9.17) is 15.7 Å². The van der Waals surface area contributed by atoms with E-state index in [2.05, 4.69) is 11.7 Å². The van der Waals surface area contributed by atoms with Crippen molar-refractivity contribution in [3.8, 4) is 0 Å². The van der Waals surface area contributed by atoms with E-state index in [1.165, 1.54) is 0 Å². The largest absolute Gasteiger partial charge is 0.495 e. The molecular weight excluding hydrogens is 240 g/mol. The molecule has 0 aliphatic carbocycles. The molecule has 0 amide bonds.